The fourth-order valence-corrected chi connectivity index (χ4v) is 7.67. The molecule has 0 amide bonds. The van der Waals surface area contributed by atoms with Gasteiger partial charge in [-0.25, -0.2) is 9.79 Å². The molecule has 0 bridgehead atoms. The maximum Gasteiger partial charge on any atom is 0.337 e. The standard InChI is InChI=1S/C37H34N4O7S2/c1-6-47-31-17-8-24(19-32(31)48-7-2)34-30(36(43)46-5)21-38-37-40(34)35(42)33(50-37)20-25-18-22(3)39(23(25)4)26-9-13-28(14-10-26)49-29-15-11-27(12-16-29)41(44)45/h8-21,34H,6-7H2,1-5H3/b33-20-/t34-/m0/s1. The Bertz CT molecular complexity index is 2300. The second-order valence-electron chi connectivity index (χ2n) is 11.3. The van der Waals surface area contributed by atoms with Crippen LogP contribution in [0.5, 0.6) is 11.5 Å². The Morgan fingerprint density at radius 1 is 0.980 bits per heavy atom. The number of methoxy groups -OCH3 is 1. The van der Waals surface area contributed by atoms with Crippen molar-refractivity contribution in [2.45, 2.75) is 43.5 Å². The average Bonchev–Trinajstić information content (AvgIpc) is 3.58. The third kappa shape index (κ3) is 6.74. The number of nitrogens with zero attached hydrogens (tertiary/aromatic N) is 4. The molecule has 11 nitrogen and oxygen atoms in total. The van der Waals surface area contributed by atoms with Gasteiger partial charge in [-0.05, 0) is 99.5 Å². The van der Waals surface area contributed by atoms with Gasteiger partial charge in [0.15, 0.2) is 16.3 Å². The number of carbonyl (C=O) groups is 1. The number of nitro benzene ring substituents is 1. The van der Waals surface area contributed by atoms with Gasteiger partial charge < -0.3 is 18.8 Å². The average molecular weight is 711 g/mol. The molecule has 0 spiro atoms. The van der Waals surface area contributed by atoms with Crippen LogP contribution in [0.3, 0.4) is 0 Å². The highest BCUT2D eigenvalue weighted by Crippen LogP contribution is 2.35. The Hall–Kier alpha value is -5.40. The van der Waals surface area contributed by atoms with E-state index in [0.29, 0.717) is 39.6 Å². The van der Waals surface area contributed by atoms with Gasteiger partial charge in [-0.1, -0.05) is 29.2 Å². The van der Waals surface area contributed by atoms with Gasteiger partial charge in [0.25, 0.3) is 11.2 Å². The first-order chi connectivity index (χ1) is 24.1. The summed E-state index contributed by atoms with van der Waals surface area (Å²) in [6.07, 6.45) is 3.34. The summed E-state index contributed by atoms with van der Waals surface area (Å²) in [6.45, 7) is 8.64. The van der Waals surface area contributed by atoms with Gasteiger partial charge >= 0.3 is 5.97 Å². The van der Waals surface area contributed by atoms with Gasteiger partial charge in [0.2, 0.25) is 0 Å². The normalized spacial score (nSPS) is 14.1. The highest BCUT2D eigenvalue weighted by Gasteiger charge is 2.31. The lowest BCUT2D eigenvalue weighted by molar-refractivity contribution is -0.384. The van der Waals surface area contributed by atoms with Crippen molar-refractivity contribution in [1.82, 2.24) is 9.13 Å². The van der Waals surface area contributed by atoms with Gasteiger partial charge in [0.1, 0.15) is 0 Å². The number of benzene rings is 3. The third-order valence-corrected chi connectivity index (χ3v) is 10.2. The number of rotatable bonds is 11. The van der Waals surface area contributed by atoms with E-state index in [0.717, 1.165) is 32.4 Å². The van der Waals surface area contributed by atoms with Crippen LogP contribution in [0.1, 0.15) is 42.4 Å². The van der Waals surface area contributed by atoms with E-state index in [4.69, 9.17) is 14.2 Å². The van der Waals surface area contributed by atoms with Crippen LogP contribution < -0.4 is 24.4 Å². The maximum absolute atomic E-state index is 14.2. The topological polar surface area (TPSA) is 127 Å². The van der Waals surface area contributed by atoms with Crippen LogP contribution in [-0.4, -0.2) is 40.4 Å². The Morgan fingerprint density at radius 3 is 2.28 bits per heavy atom. The fourth-order valence-electron chi connectivity index (χ4n) is 5.89. The molecule has 3 aromatic carbocycles. The number of thiazole rings is 1. The molecule has 0 aliphatic carbocycles. The van der Waals surface area contributed by atoms with Crippen molar-refractivity contribution in [3.63, 3.8) is 0 Å². The lowest BCUT2D eigenvalue weighted by Crippen LogP contribution is -2.39. The van der Waals surface area contributed by atoms with Crippen molar-refractivity contribution in [2.75, 3.05) is 20.3 Å². The van der Waals surface area contributed by atoms with E-state index in [9.17, 15) is 19.7 Å². The van der Waals surface area contributed by atoms with E-state index >= 15 is 0 Å². The number of nitro groups is 1. The van der Waals surface area contributed by atoms with Gasteiger partial charge in [-0.15, -0.1) is 0 Å². The van der Waals surface area contributed by atoms with Crippen LogP contribution >= 0.6 is 23.1 Å². The van der Waals surface area contributed by atoms with E-state index in [2.05, 4.69) is 9.56 Å². The molecule has 0 unspecified atom stereocenters. The van der Waals surface area contributed by atoms with Crippen LogP contribution in [0, 0.1) is 24.0 Å². The number of carbonyl (C=O) groups excluding carboxylic acids is 1. The number of ether oxygens (including phenoxy) is 3. The lowest BCUT2D eigenvalue weighted by Gasteiger charge is -2.23. The van der Waals surface area contributed by atoms with Gasteiger partial charge in [-0.3, -0.25) is 19.5 Å². The third-order valence-electron chi connectivity index (χ3n) is 8.14. The van der Waals surface area contributed by atoms with E-state index in [1.165, 1.54) is 53.1 Å². The van der Waals surface area contributed by atoms with Crippen molar-refractivity contribution >= 4 is 40.8 Å². The lowest BCUT2D eigenvalue weighted by atomic mass is 9.97. The molecule has 13 heteroatoms. The van der Waals surface area contributed by atoms with Crippen molar-refractivity contribution < 1.29 is 23.9 Å². The Labute approximate surface area is 295 Å². The maximum atomic E-state index is 14.2. The zero-order valence-corrected chi connectivity index (χ0v) is 29.7. The molecule has 1 aliphatic rings. The minimum Gasteiger partial charge on any atom is -0.490 e. The first kappa shape index (κ1) is 34.5. The van der Waals surface area contributed by atoms with Crippen LogP contribution in [0.2, 0.25) is 0 Å². The van der Waals surface area contributed by atoms with Crippen LogP contribution in [-0.2, 0) is 9.53 Å². The SMILES string of the molecule is CCOc1ccc([C@H]2C(C(=O)OC)=CN=c3s/c(=C\c4cc(C)n(-c5ccc(Sc6ccc([N+](=O)[O-])cc6)cc5)c4C)c(=O)n32)cc1OCC. The predicted octanol–water partition coefficient (Wildman–Crippen LogP) is 6.28. The molecule has 256 valence electrons. The smallest absolute Gasteiger partial charge is 0.337 e. The number of fused-ring (bicyclic) bond motifs is 1. The molecule has 3 heterocycles. The summed E-state index contributed by atoms with van der Waals surface area (Å²) in [7, 11) is 1.30. The summed E-state index contributed by atoms with van der Waals surface area (Å²) >= 11 is 2.77. The number of esters is 1. The van der Waals surface area contributed by atoms with E-state index in [1.54, 1.807) is 24.3 Å². The quantitative estimate of drug-likeness (QED) is 0.0891. The predicted molar refractivity (Wildman–Crippen MR) is 192 cm³/mol. The second-order valence-corrected chi connectivity index (χ2v) is 13.4. The minimum absolute atomic E-state index is 0.0573. The zero-order chi connectivity index (χ0) is 35.5. The monoisotopic (exact) mass is 710 g/mol. The number of aromatic nitrogens is 2. The molecule has 0 radical (unpaired) electrons. The molecule has 1 atom stereocenters. The highest BCUT2D eigenvalue weighted by molar-refractivity contribution is 7.99. The number of non-ortho nitro benzene ring substituents is 1. The highest BCUT2D eigenvalue weighted by atomic mass is 32.2. The largest absolute Gasteiger partial charge is 0.490 e. The first-order valence-corrected chi connectivity index (χ1v) is 17.5. The molecular weight excluding hydrogens is 677 g/mol. The Kier molecular flexibility index (Phi) is 10.1. The molecule has 0 N–H and O–H groups in total. The van der Waals surface area contributed by atoms with Crippen molar-refractivity contribution in [2.24, 2.45) is 4.99 Å². The first-order valence-electron chi connectivity index (χ1n) is 15.8. The van der Waals surface area contributed by atoms with Gasteiger partial charge in [0.05, 0.1) is 41.4 Å². The van der Waals surface area contributed by atoms with Crippen molar-refractivity contribution in [3.8, 4) is 17.2 Å². The summed E-state index contributed by atoms with van der Waals surface area (Å²) < 4.78 is 20.8. The number of hydrogen-bond donors (Lipinski definition) is 0. The number of hydrogen-bond acceptors (Lipinski definition) is 10. The summed E-state index contributed by atoms with van der Waals surface area (Å²) in [5, 5.41) is 11.0. The number of aryl methyl sites for hydroxylation is 1. The van der Waals surface area contributed by atoms with Crippen LogP contribution in [0.15, 0.2) is 104 Å². The molecule has 50 heavy (non-hydrogen) atoms. The second kappa shape index (κ2) is 14.6. The Balaban J connectivity index is 1.35. The molecule has 6 rings (SSSR count). The van der Waals surface area contributed by atoms with E-state index in [-0.39, 0.29) is 16.8 Å². The summed E-state index contributed by atoms with van der Waals surface area (Å²) in [4.78, 5) is 44.5. The van der Waals surface area contributed by atoms with Crippen LogP contribution in [0.4, 0.5) is 5.69 Å². The fraction of sp³-hybridized carbons (Fsp3) is 0.216. The van der Waals surface area contributed by atoms with Gasteiger partial charge in [0, 0.05) is 45.2 Å². The summed E-state index contributed by atoms with van der Waals surface area (Å²) in [6, 6.07) is 21.2. The van der Waals surface area contributed by atoms with Crippen molar-refractivity contribution in [1.29, 1.82) is 0 Å². The Morgan fingerprint density at radius 2 is 1.64 bits per heavy atom. The molecular formula is C37H34N4O7S2. The van der Waals surface area contributed by atoms with Gasteiger partial charge in [-0.2, -0.15) is 0 Å². The molecule has 0 fully saturated rings. The molecule has 0 saturated carbocycles. The molecule has 2 aromatic heterocycles. The summed E-state index contributed by atoms with van der Waals surface area (Å²) in [5.41, 5.74) is 4.43. The molecule has 1 aliphatic heterocycles. The minimum atomic E-state index is -0.787. The van der Waals surface area contributed by atoms with Crippen molar-refractivity contribution in [3.05, 3.63) is 137 Å². The summed E-state index contributed by atoms with van der Waals surface area (Å²) in [5.74, 6) is 0.503. The van der Waals surface area contributed by atoms with E-state index < -0.39 is 16.9 Å². The van der Waals surface area contributed by atoms with Crippen LogP contribution in [0.25, 0.3) is 11.8 Å². The molecule has 5 aromatic rings. The van der Waals surface area contributed by atoms with E-state index in [1.807, 2.05) is 70.2 Å². The zero-order valence-electron chi connectivity index (χ0n) is 28.0. The molecule has 0 saturated heterocycles.